The van der Waals surface area contributed by atoms with Gasteiger partial charge in [0.15, 0.2) is 11.6 Å². The molecule has 17 heavy (non-hydrogen) atoms. The van der Waals surface area contributed by atoms with Gasteiger partial charge in [0, 0.05) is 6.42 Å². The van der Waals surface area contributed by atoms with Crippen LogP contribution < -0.4 is 0 Å². The fraction of sp³-hybridized carbons (Fsp3) is 0.273. The molecular formula is C11H10F2O4. The molecule has 4 nitrogen and oxygen atoms in total. The van der Waals surface area contributed by atoms with Gasteiger partial charge in [-0.25, -0.2) is 13.6 Å². The van der Waals surface area contributed by atoms with E-state index in [-0.39, 0.29) is 24.8 Å². The molecule has 0 unspecified atom stereocenters. The van der Waals surface area contributed by atoms with E-state index in [9.17, 15) is 18.4 Å². The zero-order valence-electron chi connectivity index (χ0n) is 8.74. The second-order valence-electron chi connectivity index (χ2n) is 3.49. The number of carboxylic acids is 2. The van der Waals surface area contributed by atoms with Gasteiger partial charge in [0.1, 0.15) is 0 Å². The molecule has 0 saturated heterocycles. The molecule has 0 aliphatic carbocycles. The quantitative estimate of drug-likeness (QED) is 0.831. The summed E-state index contributed by atoms with van der Waals surface area (Å²) < 4.78 is 26.1. The molecule has 0 aliphatic heterocycles. The molecule has 0 atom stereocenters. The highest BCUT2D eigenvalue weighted by Gasteiger charge is 2.16. The zero-order valence-corrected chi connectivity index (χ0v) is 8.74. The standard InChI is InChI=1S/C11H10F2O4/c12-8-5-6(2-1-3-9(14)15)4-7(10(8)13)11(16)17/h4-5H,1-3H2,(H,14,15)(H,16,17). The molecule has 1 aromatic carbocycles. The average molecular weight is 244 g/mol. The normalized spacial score (nSPS) is 10.2. The van der Waals surface area contributed by atoms with Gasteiger partial charge in [0.25, 0.3) is 0 Å². The van der Waals surface area contributed by atoms with E-state index in [2.05, 4.69) is 0 Å². The Hall–Kier alpha value is -1.98. The van der Waals surface area contributed by atoms with Gasteiger partial charge in [-0.1, -0.05) is 0 Å². The Morgan fingerprint density at radius 1 is 1.18 bits per heavy atom. The highest BCUT2D eigenvalue weighted by Crippen LogP contribution is 2.16. The Morgan fingerprint density at radius 2 is 1.82 bits per heavy atom. The van der Waals surface area contributed by atoms with Crippen LogP contribution in [0.15, 0.2) is 12.1 Å². The lowest BCUT2D eigenvalue weighted by atomic mass is 10.0. The van der Waals surface area contributed by atoms with Crippen molar-refractivity contribution in [1.29, 1.82) is 0 Å². The molecule has 0 fully saturated rings. The predicted octanol–water partition coefficient (Wildman–Crippen LogP) is 2.07. The molecule has 2 N–H and O–H groups in total. The second kappa shape index (κ2) is 5.38. The molecule has 0 aliphatic rings. The second-order valence-corrected chi connectivity index (χ2v) is 3.49. The lowest BCUT2D eigenvalue weighted by Crippen LogP contribution is -2.05. The summed E-state index contributed by atoms with van der Waals surface area (Å²) in [6, 6.07) is 1.90. The first-order valence-electron chi connectivity index (χ1n) is 4.85. The molecule has 1 rings (SSSR count). The van der Waals surface area contributed by atoms with Crippen molar-refractivity contribution in [1.82, 2.24) is 0 Å². The number of aliphatic carboxylic acids is 1. The largest absolute Gasteiger partial charge is 0.481 e. The van der Waals surface area contributed by atoms with Crippen molar-refractivity contribution in [3.63, 3.8) is 0 Å². The van der Waals surface area contributed by atoms with Crippen LogP contribution in [0.3, 0.4) is 0 Å². The summed E-state index contributed by atoms with van der Waals surface area (Å²) in [6.45, 7) is 0. The first-order chi connectivity index (χ1) is 7.91. The number of aryl methyl sites for hydroxylation is 1. The van der Waals surface area contributed by atoms with Crippen molar-refractivity contribution in [2.75, 3.05) is 0 Å². The van der Waals surface area contributed by atoms with E-state index in [0.717, 1.165) is 12.1 Å². The predicted molar refractivity (Wildman–Crippen MR) is 53.9 cm³/mol. The van der Waals surface area contributed by atoms with Crippen LogP contribution in [0.2, 0.25) is 0 Å². The molecule has 0 bridgehead atoms. The number of carbonyl (C=O) groups is 2. The minimum absolute atomic E-state index is 0.110. The summed E-state index contributed by atoms with van der Waals surface area (Å²) in [7, 11) is 0. The fourth-order valence-corrected chi connectivity index (χ4v) is 1.39. The summed E-state index contributed by atoms with van der Waals surface area (Å²) in [6.07, 6.45) is 0.310. The van der Waals surface area contributed by atoms with Crippen LogP contribution in [-0.2, 0) is 11.2 Å². The third-order valence-electron chi connectivity index (χ3n) is 2.17. The molecule has 0 radical (unpaired) electrons. The average Bonchev–Trinajstić information content (AvgIpc) is 2.22. The van der Waals surface area contributed by atoms with Gasteiger partial charge < -0.3 is 10.2 Å². The lowest BCUT2D eigenvalue weighted by molar-refractivity contribution is -0.137. The number of hydrogen-bond acceptors (Lipinski definition) is 2. The third kappa shape index (κ3) is 3.51. The van der Waals surface area contributed by atoms with Gasteiger partial charge >= 0.3 is 11.9 Å². The number of hydrogen-bond donors (Lipinski definition) is 2. The highest BCUT2D eigenvalue weighted by molar-refractivity contribution is 5.88. The molecule has 0 heterocycles. The third-order valence-corrected chi connectivity index (χ3v) is 2.17. The van der Waals surface area contributed by atoms with Gasteiger partial charge in [-0.15, -0.1) is 0 Å². The van der Waals surface area contributed by atoms with E-state index in [1.807, 2.05) is 0 Å². The van der Waals surface area contributed by atoms with Gasteiger partial charge in [-0.05, 0) is 30.5 Å². The van der Waals surface area contributed by atoms with Crippen molar-refractivity contribution in [3.05, 3.63) is 34.9 Å². The van der Waals surface area contributed by atoms with Gasteiger partial charge in [-0.3, -0.25) is 4.79 Å². The fourth-order valence-electron chi connectivity index (χ4n) is 1.39. The summed E-state index contributed by atoms with van der Waals surface area (Å²) in [5.74, 6) is -5.19. The van der Waals surface area contributed by atoms with Crippen molar-refractivity contribution in [3.8, 4) is 0 Å². The van der Waals surface area contributed by atoms with E-state index >= 15 is 0 Å². The Kier molecular flexibility index (Phi) is 4.14. The number of halogens is 2. The maximum absolute atomic E-state index is 13.0. The lowest BCUT2D eigenvalue weighted by Gasteiger charge is -2.04. The van der Waals surface area contributed by atoms with E-state index in [1.165, 1.54) is 0 Å². The molecular weight excluding hydrogens is 234 g/mol. The van der Waals surface area contributed by atoms with Crippen LogP contribution in [0.4, 0.5) is 8.78 Å². The Morgan fingerprint density at radius 3 is 2.35 bits per heavy atom. The molecule has 0 spiro atoms. The van der Waals surface area contributed by atoms with Gasteiger partial charge in [-0.2, -0.15) is 0 Å². The summed E-state index contributed by atoms with van der Waals surface area (Å²) in [4.78, 5) is 20.9. The van der Waals surface area contributed by atoms with Crippen molar-refractivity contribution in [2.24, 2.45) is 0 Å². The number of benzene rings is 1. The SMILES string of the molecule is O=C(O)CCCc1cc(F)c(F)c(C(=O)O)c1. The van der Waals surface area contributed by atoms with Gasteiger partial charge in [0.05, 0.1) is 5.56 Å². The van der Waals surface area contributed by atoms with Crippen LogP contribution in [0.5, 0.6) is 0 Å². The minimum atomic E-state index is -1.55. The van der Waals surface area contributed by atoms with Crippen LogP contribution in [-0.4, -0.2) is 22.2 Å². The molecule has 6 heteroatoms. The van der Waals surface area contributed by atoms with E-state index in [1.54, 1.807) is 0 Å². The maximum atomic E-state index is 13.0. The van der Waals surface area contributed by atoms with Crippen molar-refractivity contribution < 1.29 is 28.6 Å². The van der Waals surface area contributed by atoms with Crippen molar-refractivity contribution in [2.45, 2.75) is 19.3 Å². The first kappa shape index (κ1) is 13.1. The Labute approximate surface area is 95.5 Å². The smallest absolute Gasteiger partial charge is 0.338 e. The van der Waals surface area contributed by atoms with E-state index < -0.39 is 29.1 Å². The summed E-state index contributed by atoms with van der Waals surface area (Å²) in [5, 5.41) is 17.0. The number of rotatable bonds is 5. The van der Waals surface area contributed by atoms with Crippen LogP contribution in [0.25, 0.3) is 0 Å². The molecule has 1 aromatic rings. The van der Waals surface area contributed by atoms with Crippen LogP contribution in [0.1, 0.15) is 28.8 Å². The summed E-state index contributed by atoms with van der Waals surface area (Å²) in [5.41, 5.74) is -0.474. The maximum Gasteiger partial charge on any atom is 0.338 e. The summed E-state index contributed by atoms with van der Waals surface area (Å²) >= 11 is 0. The molecule has 0 amide bonds. The zero-order chi connectivity index (χ0) is 13.0. The van der Waals surface area contributed by atoms with E-state index in [0.29, 0.717) is 0 Å². The Balaban J connectivity index is 2.87. The Bertz CT molecular complexity index is 457. The van der Waals surface area contributed by atoms with Crippen LogP contribution >= 0.6 is 0 Å². The monoisotopic (exact) mass is 244 g/mol. The molecule has 0 saturated carbocycles. The van der Waals surface area contributed by atoms with Crippen LogP contribution in [0, 0.1) is 11.6 Å². The number of aromatic carboxylic acids is 1. The van der Waals surface area contributed by atoms with Gasteiger partial charge in [0.2, 0.25) is 0 Å². The topological polar surface area (TPSA) is 74.6 Å². The minimum Gasteiger partial charge on any atom is -0.481 e. The highest BCUT2D eigenvalue weighted by atomic mass is 19.2. The number of carboxylic acid groups (broad SMARTS) is 2. The van der Waals surface area contributed by atoms with Crippen molar-refractivity contribution >= 4 is 11.9 Å². The van der Waals surface area contributed by atoms with E-state index in [4.69, 9.17) is 10.2 Å². The molecule has 0 aromatic heterocycles. The molecule has 92 valence electrons. The first-order valence-corrected chi connectivity index (χ1v) is 4.85.